The topological polar surface area (TPSA) is 107 Å². The number of carbonyl (C=O) groups excluding carboxylic acids is 3. The molecule has 0 bridgehead atoms. The van der Waals surface area contributed by atoms with Gasteiger partial charge in [-0.25, -0.2) is 14.7 Å². The van der Waals surface area contributed by atoms with E-state index in [9.17, 15) is 14.4 Å². The Hall–Kier alpha value is -2.31. The van der Waals surface area contributed by atoms with Crippen molar-refractivity contribution in [1.82, 2.24) is 9.88 Å². The lowest BCUT2D eigenvalue weighted by atomic mass is 9.74. The number of carbonyl (C=O) groups is 3. The van der Waals surface area contributed by atoms with E-state index in [1.165, 1.54) is 18.1 Å². The molecule has 9 nitrogen and oxygen atoms in total. The van der Waals surface area contributed by atoms with Crippen LogP contribution in [0.3, 0.4) is 0 Å². The molecule has 1 aliphatic rings. The quantitative estimate of drug-likeness (QED) is 0.101. The molecule has 2 rings (SSSR count). The average molecular weight is 570 g/mol. The molecule has 0 aliphatic carbocycles. The van der Waals surface area contributed by atoms with Crippen molar-refractivity contribution in [2.24, 2.45) is 10.9 Å². The van der Waals surface area contributed by atoms with Crippen LogP contribution in [0.15, 0.2) is 17.3 Å². The first-order valence-corrected chi connectivity index (χ1v) is 17.0. The Morgan fingerprint density at radius 1 is 1.26 bits per heavy atom. The Morgan fingerprint density at radius 3 is 2.42 bits per heavy atom. The second-order valence-corrected chi connectivity index (χ2v) is 19.0. The van der Waals surface area contributed by atoms with Gasteiger partial charge in [0.25, 0.3) is 0 Å². The first-order chi connectivity index (χ1) is 17.4. The summed E-state index contributed by atoms with van der Waals surface area (Å²) in [6.07, 6.45) is 0.965. The van der Waals surface area contributed by atoms with E-state index in [1.807, 2.05) is 0 Å². The first-order valence-electron chi connectivity index (χ1n) is 12.4. The van der Waals surface area contributed by atoms with Crippen LogP contribution in [0.4, 0.5) is 9.18 Å². The van der Waals surface area contributed by atoms with Crippen LogP contribution in [-0.2, 0) is 24.5 Å². The fourth-order valence-corrected chi connectivity index (χ4v) is 6.07. The molecule has 0 spiro atoms. The van der Waals surface area contributed by atoms with Crippen molar-refractivity contribution < 1.29 is 33.0 Å². The van der Waals surface area contributed by atoms with Gasteiger partial charge in [-0.3, -0.25) is 14.6 Å². The lowest BCUT2D eigenvalue weighted by Gasteiger charge is -2.47. The van der Waals surface area contributed by atoms with Crippen LogP contribution in [0.1, 0.15) is 57.5 Å². The third-order valence-electron chi connectivity index (χ3n) is 6.49. The number of esters is 1. The fourth-order valence-electron chi connectivity index (χ4n) is 3.88. The second kappa shape index (κ2) is 11.8. The normalized spacial score (nSPS) is 23.9. The minimum absolute atomic E-state index is 0.0197. The zero-order valence-corrected chi connectivity index (χ0v) is 25.8. The summed E-state index contributed by atoms with van der Waals surface area (Å²) >= 11 is 1.03. The van der Waals surface area contributed by atoms with Crippen LogP contribution in [0.2, 0.25) is 25.7 Å². The Kier molecular flexibility index (Phi) is 9.93. The number of amidine groups is 1. The van der Waals surface area contributed by atoms with Crippen molar-refractivity contribution in [2.45, 2.75) is 83.1 Å². The number of aliphatic imine (C=N–C) groups is 1. The number of pyridine rings is 1. The van der Waals surface area contributed by atoms with E-state index in [0.717, 1.165) is 24.0 Å². The maximum Gasteiger partial charge on any atom is 0.418 e. The van der Waals surface area contributed by atoms with Gasteiger partial charge >= 0.3 is 12.1 Å². The van der Waals surface area contributed by atoms with Crippen molar-refractivity contribution in [1.29, 1.82) is 0 Å². The van der Waals surface area contributed by atoms with Crippen LogP contribution in [-0.4, -0.2) is 72.3 Å². The van der Waals surface area contributed by atoms with E-state index in [0.29, 0.717) is 12.9 Å². The minimum Gasteiger partial charge on any atom is -0.468 e. The summed E-state index contributed by atoms with van der Waals surface area (Å²) in [5.74, 6) is -2.04. The monoisotopic (exact) mass is 569 g/mol. The van der Waals surface area contributed by atoms with Crippen LogP contribution in [0, 0.1) is 11.9 Å². The van der Waals surface area contributed by atoms with Gasteiger partial charge in [0.15, 0.2) is 11.5 Å². The van der Waals surface area contributed by atoms with Gasteiger partial charge in [0.05, 0.1) is 12.6 Å². The summed E-state index contributed by atoms with van der Waals surface area (Å²) in [4.78, 5) is 47.8. The van der Waals surface area contributed by atoms with Gasteiger partial charge in [0.1, 0.15) is 17.1 Å². The van der Waals surface area contributed by atoms with Crippen LogP contribution < -0.4 is 0 Å². The van der Waals surface area contributed by atoms with Gasteiger partial charge in [-0.05, 0) is 46.7 Å². The van der Waals surface area contributed by atoms with E-state index < -0.39 is 47.9 Å². The molecule has 3 atom stereocenters. The lowest BCUT2D eigenvalue weighted by molar-refractivity contribution is -0.145. The number of aromatic nitrogens is 1. The van der Waals surface area contributed by atoms with Gasteiger partial charge in [-0.1, -0.05) is 38.3 Å². The molecule has 0 aromatic carbocycles. The molecule has 12 heteroatoms. The zero-order chi connectivity index (χ0) is 29.1. The highest BCUT2D eigenvalue weighted by atomic mass is 32.2. The third kappa shape index (κ3) is 7.41. The number of amides is 1. The van der Waals surface area contributed by atoms with E-state index in [2.05, 4.69) is 24.6 Å². The van der Waals surface area contributed by atoms with Crippen molar-refractivity contribution in [2.75, 3.05) is 20.4 Å². The lowest BCUT2D eigenvalue weighted by Crippen LogP contribution is -2.55. The molecule has 0 saturated carbocycles. The molecule has 38 heavy (non-hydrogen) atoms. The van der Waals surface area contributed by atoms with E-state index in [1.54, 1.807) is 41.5 Å². The first kappa shape index (κ1) is 31.9. The van der Waals surface area contributed by atoms with E-state index in [-0.39, 0.29) is 23.0 Å². The molecule has 212 valence electrons. The van der Waals surface area contributed by atoms with E-state index >= 15 is 4.39 Å². The predicted molar refractivity (Wildman–Crippen MR) is 149 cm³/mol. The fraction of sp³-hybridized carbons (Fsp3) is 0.654. The van der Waals surface area contributed by atoms with Crippen LogP contribution in [0.25, 0.3) is 0 Å². The molecular weight excluding hydrogens is 529 g/mol. The summed E-state index contributed by atoms with van der Waals surface area (Å²) in [7, 11) is -0.134. The summed E-state index contributed by atoms with van der Waals surface area (Å²) in [6.45, 7) is 17.2. The van der Waals surface area contributed by atoms with Crippen LogP contribution in [0.5, 0.6) is 0 Å². The van der Waals surface area contributed by atoms with Gasteiger partial charge in [0.2, 0.25) is 5.95 Å². The minimum atomic E-state index is -1.40. The average Bonchev–Trinajstić information content (AvgIpc) is 2.80. The molecule has 0 N–H and O–H groups in total. The zero-order valence-electron chi connectivity index (χ0n) is 24.0. The Bertz CT molecular complexity index is 1090. The molecule has 0 radical (unpaired) electrons. The molecule has 1 aromatic heterocycles. The number of aldehydes is 1. The summed E-state index contributed by atoms with van der Waals surface area (Å²) < 4.78 is 30.5. The largest absolute Gasteiger partial charge is 0.468 e. The van der Waals surface area contributed by atoms with Crippen molar-refractivity contribution in [3.63, 3.8) is 0 Å². The maximum absolute atomic E-state index is 15.2. The summed E-state index contributed by atoms with van der Waals surface area (Å²) in [5, 5.41) is 0.108. The van der Waals surface area contributed by atoms with Crippen LogP contribution >= 0.6 is 11.8 Å². The molecule has 1 aromatic rings. The molecular formula is C26H40FN3O6SSi. The van der Waals surface area contributed by atoms with Gasteiger partial charge in [-0.2, -0.15) is 4.39 Å². The van der Waals surface area contributed by atoms with Gasteiger partial charge < -0.3 is 14.2 Å². The van der Waals surface area contributed by atoms with Crippen molar-refractivity contribution >= 4 is 43.4 Å². The predicted octanol–water partition coefficient (Wildman–Crippen LogP) is 5.47. The smallest absolute Gasteiger partial charge is 0.418 e. The number of rotatable bonds is 8. The summed E-state index contributed by atoms with van der Waals surface area (Å²) in [5.41, 5.74) is -2.04. The van der Waals surface area contributed by atoms with Crippen molar-refractivity contribution in [3.05, 3.63) is 29.3 Å². The Morgan fingerprint density at radius 2 is 1.89 bits per heavy atom. The standard InChI is InChI=1S/C26H40FN3O6SSi/c1-17-25(5,19-13-18(15-31)14-28-20(19)27)29-22(37-26(17,6)21(32)34-7)30(23(33)36-24(2,3)4)16-35-11-12-38(8,9)10/h13-15,17H,11-12,16H2,1-10H3/t17?,25-,26-/m0/s1. The maximum atomic E-state index is 15.2. The highest BCUT2D eigenvalue weighted by molar-refractivity contribution is 8.15. The van der Waals surface area contributed by atoms with E-state index in [4.69, 9.17) is 19.2 Å². The Balaban J connectivity index is 2.69. The van der Waals surface area contributed by atoms with Crippen molar-refractivity contribution in [3.8, 4) is 0 Å². The molecule has 2 heterocycles. The molecule has 1 unspecified atom stereocenters. The third-order valence-corrected chi connectivity index (χ3v) is 9.64. The number of methoxy groups -OCH3 is 1. The highest BCUT2D eigenvalue weighted by Gasteiger charge is 2.56. The molecule has 0 saturated heterocycles. The Labute approximate surface area is 229 Å². The highest BCUT2D eigenvalue weighted by Crippen LogP contribution is 2.52. The molecule has 1 aliphatic heterocycles. The molecule has 0 fully saturated rings. The summed E-state index contributed by atoms with van der Waals surface area (Å²) in [6, 6.07) is 2.24. The SMILES string of the molecule is COC(=O)[C@@]1(C)SC(N(COCC[Si](C)(C)C)C(=O)OC(C)(C)C)=N[C@](C)(c2cc(C=O)cnc2F)C1C. The number of nitrogens with zero attached hydrogens (tertiary/aromatic N) is 3. The number of thioether (sulfide) groups is 1. The number of halogens is 1. The van der Waals surface area contributed by atoms with Gasteiger partial charge in [0, 0.05) is 37.9 Å². The molecule has 1 amide bonds. The second-order valence-electron chi connectivity index (χ2n) is 11.9. The number of ether oxygens (including phenoxy) is 3. The van der Waals surface area contributed by atoms with Gasteiger partial charge in [-0.15, -0.1) is 0 Å². The number of hydrogen-bond donors (Lipinski definition) is 0. The number of hydrogen-bond acceptors (Lipinski definition) is 9.